The fourth-order valence-corrected chi connectivity index (χ4v) is 4.27. The zero-order chi connectivity index (χ0) is 21.2. The van der Waals surface area contributed by atoms with Gasteiger partial charge in [-0.1, -0.05) is 6.07 Å². The first kappa shape index (κ1) is 20.4. The van der Waals surface area contributed by atoms with Gasteiger partial charge in [-0.3, -0.25) is 24.9 Å². The van der Waals surface area contributed by atoms with Gasteiger partial charge in [0.1, 0.15) is 0 Å². The van der Waals surface area contributed by atoms with Crippen molar-refractivity contribution < 1.29 is 18.1 Å². The fraction of sp³-hybridized carbons (Fsp3) is 0.111. The van der Waals surface area contributed by atoms with Crippen LogP contribution in [0, 0.1) is 24.0 Å². The van der Waals surface area contributed by atoms with E-state index in [1.165, 1.54) is 53.8 Å². The van der Waals surface area contributed by atoms with Crippen molar-refractivity contribution in [2.45, 2.75) is 18.7 Å². The van der Waals surface area contributed by atoms with E-state index < -0.39 is 14.9 Å². The van der Waals surface area contributed by atoms with Crippen LogP contribution in [0.5, 0.6) is 0 Å². The van der Waals surface area contributed by atoms with Gasteiger partial charge in [-0.2, -0.15) is 0 Å². The van der Waals surface area contributed by atoms with E-state index in [4.69, 9.17) is 0 Å². The summed E-state index contributed by atoms with van der Waals surface area (Å²) in [5.41, 5.74) is 1.06. The van der Waals surface area contributed by atoms with Crippen LogP contribution in [0.1, 0.15) is 20.9 Å². The maximum Gasteiger partial charge on any atom is 0.270 e. The summed E-state index contributed by atoms with van der Waals surface area (Å²) in [4.78, 5) is 27.5. The highest BCUT2D eigenvalue weighted by Gasteiger charge is 2.18. The summed E-state index contributed by atoms with van der Waals surface area (Å²) in [6, 6.07) is 10.5. The Kier molecular flexibility index (Phi) is 5.62. The van der Waals surface area contributed by atoms with E-state index in [1.807, 2.05) is 13.8 Å². The van der Waals surface area contributed by atoms with Crippen LogP contribution in [-0.4, -0.2) is 24.2 Å². The van der Waals surface area contributed by atoms with Gasteiger partial charge in [0, 0.05) is 28.3 Å². The molecule has 3 aromatic rings. The monoisotopic (exact) mass is 432 g/mol. The van der Waals surface area contributed by atoms with Crippen molar-refractivity contribution in [1.82, 2.24) is 4.98 Å². The summed E-state index contributed by atoms with van der Waals surface area (Å²) in [7, 11) is -4.02. The van der Waals surface area contributed by atoms with Gasteiger partial charge in [0.15, 0.2) is 5.13 Å². The van der Waals surface area contributed by atoms with Crippen molar-refractivity contribution in [3.63, 3.8) is 0 Å². The summed E-state index contributed by atoms with van der Waals surface area (Å²) in [5, 5.41) is 14.0. The molecule has 0 unspecified atom stereocenters. The smallest absolute Gasteiger partial charge is 0.270 e. The predicted molar refractivity (Wildman–Crippen MR) is 110 cm³/mol. The molecular formula is C18H16N4O5S2. The Morgan fingerprint density at radius 3 is 2.41 bits per heavy atom. The van der Waals surface area contributed by atoms with Crippen LogP contribution in [0.2, 0.25) is 0 Å². The summed E-state index contributed by atoms with van der Waals surface area (Å²) >= 11 is 1.37. The van der Waals surface area contributed by atoms with Crippen LogP contribution >= 0.6 is 11.3 Å². The lowest BCUT2D eigenvalue weighted by Crippen LogP contribution is -2.14. The van der Waals surface area contributed by atoms with Crippen molar-refractivity contribution in [3.8, 4) is 0 Å². The van der Waals surface area contributed by atoms with Gasteiger partial charge in [-0.25, -0.2) is 13.4 Å². The second-order valence-electron chi connectivity index (χ2n) is 6.05. The molecule has 3 rings (SSSR count). The van der Waals surface area contributed by atoms with E-state index in [1.54, 1.807) is 0 Å². The molecule has 0 aliphatic carbocycles. The summed E-state index contributed by atoms with van der Waals surface area (Å²) in [5.74, 6) is -0.369. The third kappa shape index (κ3) is 4.76. The molecule has 0 atom stereocenters. The lowest BCUT2D eigenvalue weighted by atomic mass is 10.2. The predicted octanol–water partition coefficient (Wildman–Crippen LogP) is 3.72. The molecule has 0 radical (unpaired) electrons. The molecule has 29 heavy (non-hydrogen) atoms. The fourth-order valence-electron chi connectivity index (χ4n) is 2.36. The number of anilines is 2. The number of nitro benzene ring substituents is 1. The zero-order valence-electron chi connectivity index (χ0n) is 15.4. The number of aryl methyl sites for hydroxylation is 2. The number of nitrogens with one attached hydrogen (secondary N) is 2. The van der Waals surface area contributed by atoms with Gasteiger partial charge >= 0.3 is 0 Å². The number of thiazole rings is 1. The average molecular weight is 432 g/mol. The van der Waals surface area contributed by atoms with E-state index in [2.05, 4.69) is 15.0 Å². The van der Waals surface area contributed by atoms with Crippen LogP contribution in [0.15, 0.2) is 53.4 Å². The Hall–Kier alpha value is -3.31. The number of carbonyl (C=O) groups excluding carboxylic acids is 1. The molecule has 2 aromatic carbocycles. The maximum atomic E-state index is 12.5. The molecule has 0 aliphatic heterocycles. The van der Waals surface area contributed by atoms with Gasteiger partial charge in [0.25, 0.3) is 21.6 Å². The molecule has 2 N–H and O–H groups in total. The topological polar surface area (TPSA) is 131 Å². The van der Waals surface area contributed by atoms with E-state index >= 15 is 0 Å². The third-order valence-electron chi connectivity index (χ3n) is 3.99. The van der Waals surface area contributed by atoms with E-state index in [9.17, 15) is 23.3 Å². The zero-order valence-corrected chi connectivity index (χ0v) is 17.0. The number of rotatable bonds is 6. The van der Waals surface area contributed by atoms with E-state index in [-0.39, 0.29) is 22.2 Å². The first-order valence-electron chi connectivity index (χ1n) is 8.28. The van der Waals surface area contributed by atoms with Crippen LogP contribution in [-0.2, 0) is 10.0 Å². The molecule has 0 fully saturated rings. The second kappa shape index (κ2) is 7.97. The lowest BCUT2D eigenvalue weighted by molar-refractivity contribution is -0.385. The minimum Gasteiger partial charge on any atom is -0.298 e. The number of amides is 1. The first-order chi connectivity index (χ1) is 13.7. The molecule has 11 heteroatoms. The summed E-state index contributed by atoms with van der Waals surface area (Å²) in [6.07, 6.45) is 0. The van der Waals surface area contributed by atoms with Crippen molar-refractivity contribution in [1.29, 1.82) is 0 Å². The SMILES string of the molecule is Cc1nc(NC(=O)c2ccc(NS(=O)(=O)c3cccc([N+](=O)[O-])c3)cc2)sc1C. The number of hydrogen-bond acceptors (Lipinski definition) is 7. The molecule has 0 bridgehead atoms. The Bertz CT molecular complexity index is 1170. The molecule has 1 aromatic heterocycles. The highest BCUT2D eigenvalue weighted by molar-refractivity contribution is 7.92. The quantitative estimate of drug-likeness (QED) is 0.451. The number of benzene rings is 2. The van der Waals surface area contributed by atoms with Crippen LogP contribution in [0.25, 0.3) is 0 Å². The minimum atomic E-state index is -4.02. The Labute approximate surface area is 170 Å². The first-order valence-corrected chi connectivity index (χ1v) is 10.6. The number of carbonyl (C=O) groups is 1. The van der Waals surface area contributed by atoms with Gasteiger partial charge in [0.05, 0.1) is 15.5 Å². The lowest BCUT2D eigenvalue weighted by Gasteiger charge is -2.09. The highest BCUT2D eigenvalue weighted by atomic mass is 32.2. The standard InChI is InChI=1S/C18H16N4O5S2/c1-11-12(2)28-18(19-11)20-17(23)13-6-8-14(9-7-13)21-29(26,27)16-5-3-4-15(10-16)22(24)25/h3-10,21H,1-2H3,(H,19,20,23). The number of non-ortho nitro benzene ring substituents is 1. The van der Waals surface area contributed by atoms with Gasteiger partial charge in [-0.05, 0) is 44.2 Å². The van der Waals surface area contributed by atoms with Crippen molar-refractivity contribution in [3.05, 3.63) is 74.8 Å². The van der Waals surface area contributed by atoms with Gasteiger partial charge < -0.3 is 0 Å². The van der Waals surface area contributed by atoms with Gasteiger partial charge in [0.2, 0.25) is 0 Å². The molecule has 0 saturated heterocycles. The molecule has 0 saturated carbocycles. The summed E-state index contributed by atoms with van der Waals surface area (Å²) < 4.78 is 27.2. The van der Waals surface area contributed by atoms with Crippen molar-refractivity contribution in [2.24, 2.45) is 0 Å². The maximum absolute atomic E-state index is 12.5. The number of aromatic nitrogens is 1. The average Bonchev–Trinajstić information content (AvgIpc) is 2.99. The molecule has 1 amide bonds. The Balaban J connectivity index is 1.73. The molecule has 1 heterocycles. The molecule has 150 valence electrons. The van der Waals surface area contributed by atoms with E-state index in [0.717, 1.165) is 16.6 Å². The largest absolute Gasteiger partial charge is 0.298 e. The van der Waals surface area contributed by atoms with Gasteiger partial charge in [-0.15, -0.1) is 11.3 Å². The summed E-state index contributed by atoms with van der Waals surface area (Å²) in [6.45, 7) is 3.76. The van der Waals surface area contributed by atoms with Crippen LogP contribution in [0.4, 0.5) is 16.5 Å². The normalized spacial score (nSPS) is 11.1. The van der Waals surface area contributed by atoms with Crippen LogP contribution in [0.3, 0.4) is 0 Å². The minimum absolute atomic E-state index is 0.217. The van der Waals surface area contributed by atoms with Crippen molar-refractivity contribution >= 4 is 43.8 Å². The van der Waals surface area contributed by atoms with E-state index in [0.29, 0.717) is 10.7 Å². The van der Waals surface area contributed by atoms with Crippen molar-refractivity contribution in [2.75, 3.05) is 10.0 Å². The molecular weight excluding hydrogens is 416 g/mol. The highest BCUT2D eigenvalue weighted by Crippen LogP contribution is 2.23. The number of sulfonamides is 1. The second-order valence-corrected chi connectivity index (χ2v) is 8.94. The number of nitro groups is 1. The molecule has 0 aliphatic rings. The number of nitrogens with zero attached hydrogens (tertiary/aromatic N) is 2. The molecule has 0 spiro atoms. The Morgan fingerprint density at radius 1 is 1.14 bits per heavy atom. The number of hydrogen-bond donors (Lipinski definition) is 2. The van der Waals surface area contributed by atoms with Crippen LogP contribution < -0.4 is 10.0 Å². The molecule has 9 nitrogen and oxygen atoms in total. The Morgan fingerprint density at radius 2 is 1.83 bits per heavy atom. The third-order valence-corrected chi connectivity index (χ3v) is 6.35.